The molecule has 1 unspecified atom stereocenters. The fourth-order valence-corrected chi connectivity index (χ4v) is 4.03. The number of thiophene rings is 1. The van der Waals surface area contributed by atoms with Gasteiger partial charge >= 0.3 is 0 Å². The molecule has 1 aliphatic heterocycles. The third-order valence-corrected chi connectivity index (χ3v) is 5.75. The van der Waals surface area contributed by atoms with Crippen LogP contribution in [-0.4, -0.2) is 48.8 Å². The van der Waals surface area contributed by atoms with E-state index in [0.717, 1.165) is 36.6 Å². The molecule has 0 amide bonds. The highest BCUT2D eigenvalue weighted by Gasteiger charge is 2.21. The quantitative estimate of drug-likeness (QED) is 0.538. The first-order valence-corrected chi connectivity index (χ1v) is 9.91. The number of halogens is 1. The molecule has 0 bridgehead atoms. The van der Waals surface area contributed by atoms with E-state index in [1.54, 1.807) is 13.1 Å². The van der Waals surface area contributed by atoms with Crippen LogP contribution in [0.4, 0.5) is 5.82 Å². The molecule has 0 aromatic carbocycles. The molecular weight excluding hydrogens is 370 g/mol. The topological polar surface area (TPSA) is 72.8 Å². The first-order valence-electron chi connectivity index (χ1n) is 8.72. The van der Waals surface area contributed by atoms with Crippen molar-refractivity contribution in [3.63, 3.8) is 0 Å². The van der Waals surface area contributed by atoms with Crippen LogP contribution in [0.15, 0.2) is 41.5 Å². The van der Waals surface area contributed by atoms with Gasteiger partial charge in [0.2, 0.25) is 0 Å². The van der Waals surface area contributed by atoms with E-state index in [1.807, 2.05) is 30.5 Å². The van der Waals surface area contributed by atoms with Crippen molar-refractivity contribution >= 4 is 34.7 Å². The van der Waals surface area contributed by atoms with Crippen molar-refractivity contribution in [1.82, 2.24) is 15.6 Å². The van der Waals surface area contributed by atoms with Gasteiger partial charge in [-0.1, -0.05) is 17.7 Å². The van der Waals surface area contributed by atoms with Gasteiger partial charge in [0.15, 0.2) is 5.96 Å². The molecule has 0 radical (unpaired) electrons. The first kappa shape index (κ1) is 18.9. The van der Waals surface area contributed by atoms with Crippen molar-refractivity contribution in [2.24, 2.45) is 4.99 Å². The predicted molar refractivity (Wildman–Crippen MR) is 108 cm³/mol. The Kier molecular flexibility index (Phi) is 6.71. The van der Waals surface area contributed by atoms with Crippen LogP contribution in [0.3, 0.4) is 0 Å². The van der Waals surface area contributed by atoms with E-state index >= 15 is 0 Å². The van der Waals surface area contributed by atoms with Crippen LogP contribution >= 0.6 is 22.9 Å². The van der Waals surface area contributed by atoms with Gasteiger partial charge in [-0.3, -0.25) is 4.99 Å². The van der Waals surface area contributed by atoms with Crippen LogP contribution < -0.4 is 15.5 Å². The van der Waals surface area contributed by atoms with E-state index < -0.39 is 6.10 Å². The highest BCUT2D eigenvalue weighted by Crippen LogP contribution is 2.26. The Labute approximate surface area is 162 Å². The van der Waals surface area contributed by atoms with Crippen LogP contribution in [0.25, 0.3) is 0 Å². The van der Waals surface area contributed by atoms with Gasteiger partial charge in [0, 0.05) is 43.8 Å². The van der Waals surface area contributed by atoms with Gasteiger partial charge in [-0.05, 0) is 37.1 Å². The Bertz CT molecular complexity index is 715. The third kappa shape index (κ3) is 5.09. The van der Waals surface area contributed by atoms with E-state index in [0.29, 0.717) is 22.9 Å². The van der Waals surface area contributed by atoms with Gasteiger partial charge in [-0.25, -0.2) is 4.98 Å². The van der Waals surface area contributed by atoms with E-state index in [1.165, 1.54) is 11.3 Å². The van der Waals surface area contributed by atoms with E-state index in [2.05, 4.69) is 25.5 Å². The smallest absolute Gasteiger partial charge is 0.191 e. The fourth-order valence-electron chi connectivity index (χ4n) is 2.98. The minimum Gasteiger partial charge on any atom is -0.386 e. The molecule has 1 aliphatic rings. The summed E-state index contributed by atoms with van der Waals surface area (Å²) in [4.78, 5) is 11.8. The SMILES string of the molecule is CN=C(NCC(O)c1ccc(Cl)s1)NC1CCN(c2ccccn2)CC1. The maximum Gasteiger partial charge on any atom is 0.191 e. The summed E-state index contributed by atoms with van der Waals surface area (Å²) >= 11 is 7.31. The largest absolute Gasteiger partial charge is 0.386 e. The third-order valence-electron chi connectivity index (χ3n) is 4.42. The molecule has 3 rings (SSSR count). The Morgan fingerprint density at radius 3 is 2.81 bits per heavy atom. The number of aliphatic imine (C=N–C) groups is 1. The number of nitrogens with one attached hydrogen (secondary N) is 2. The maximum absolute atomic E-state index is 10.2. The molecule has 1 fully saturated rings. The summed E-state index contributed by atoms with van der Waals surface area (Å²) in [5, 5.41) is 16.9. The summed E-state index contributed by atoms with van der Waals surface area (Å²) in [6.45, 7) is 2.31. The van der Waals surface area contributed by atoms with E-state index in [9.17, 15) is 5.11 Å². The zero-order valence-corrected chi connectivity index (χ0v) is 16.3. The molecular formula is C18H24ClN5OS. The molecule has 140 valence electrons. The molecule has 8 heteroatoms. The second-order valence-electron chi connectivity index (χ2n) is 6.20. The lowest BCUT2D eigenvalue weighted by atomic mass is 10.1. The van der Waals surface area contributed by atoms with Crippen LogP contribution in [0, 0.1) is 0 Å². The zero-order chi connectivity index (χ0) is 18.4. The summed E-state index contributed by atoms with van der Waals surface area (Å²) < 4.78 is 0.682. The maximum atomic E-state index is 10.2. The number of hydrogen-bond acceptors (Lipinski definition) is 5. The van der Waals surface area contributed by atoms with Crippen LogP contribution in [0.5, 0.6) is 0 Å². The second kappa shape index (κ2) is 9.21. The van der Waals surface area contributed by atoms with Gasteiger partial charge in [0.25, 0.3) is 0 Å². The summed E-state index contributed by atoms with van der Waals surface area (Å²) in [7, 11) is 1.74. The van der Waals surface area contributed by atoms with Gasteiger partial charge < -0.3 is 20.6 Å². The zero-order valence-electron chi connectivity index (χ0n) is 14.7. The van der Waals surface area contributed by atoms with Crippen LogP contribution in [-0.2, 0) is 0 Å². The lowest BCUT2D eigenvalue weighted by Gasteiger charge is -2.33. The molecule has 2 aromatic rings. The highest BCUT2D eigenvalue weighted by molar-refractivity contribution is 7.16. The number of aliphatic hydroxyl groups excluding tert-OH is 1. The average Bonchev–Trinajstić information content (AvgIpc) is 3.12. The van der Waals surface area contributed by atoms with Gasteiger partial charge in [0.1, 0.15) is 11.9 Å². The van der Waals surface area contributed by atoms with Gasteiger partial charge in [0.05, 0.1) is 4.34 Å². The standard InChI is InChI=1S/C18H24ClN5OS/c1-20-18(22-12-14(25)15-5-6-16(19)26-15)23-13-7-10-24(11-8-13)17-4-2-3-9-21-17/h2-6,9,13-14,25H,7-8,10-12H2,1H3,(H2,20,22,23). The fraction of sp³-hybridized carbons (Fsp3) is 0.444. The minimum absolute atomic E-state index is 0.356. The monoisotopic (exact) mass is 393 g/mol. The number of aromatic nitrogens is 1. The molecule has 2 aromatic heterocycles. The molecule has 0 saturated carbocycles. The van der Waals surface area contributed by atoms with Crippen molar-refractivity contribution in [1.29, 1.82) is 0 Å². The van der Waals surface area contributed by atoms with Crippen molar-refractivity contribution in [3.05, 3.63) is 45.7 Å². The summed E-state index contributed by atoms with van der Waals surface area (Å²) in [6.07, 6.45) is 3.26. The Morgan fingerprint density at radius 1 is 1.38 bits per heavy atom. The van der Waals surface area contributed by atoms with Crippen LogP contribution in [0.2, 0.25) is 4.34 Å². The first-order chi connectivity index (χ1) is 12.7. The van der Waals surface area contributed by atoms with Gasteiger partial charge in [-0.2, -0.15) is 0 Å². The number of piperidine rings is 1. The lowest BCUT2D eigenvalue weighted by molar-refractivity contribution is 0.184. The number of hydrogen-bond donors (Lipinski definition) is 3. The van der Waals surface area contributed by atoms with Crippen molar-refractivity contribution in [2.75, 3.05) is 31.6 Å². The summed E-state index contributed by atoms with van der Waals surface area (Å²) in [6, 6.07) is 10.0. The number of anilines is 1. The van der Waals surface area contributed by atoms with E-state index in [-0.39, 0.29) is 0 Å². The second-order valence-corrected chi connectivity index (χ2v) is 7.95. The average molecular weight is 394 g/mol. The molecule has 1 atom stereocenters. The van der Waals surface area contributed by atoms with Gasteiger partial charge in [-0.15, -0.1) is 11.3 Å². The van der Waals surface area contributed by atoms with Crippen molar-refractivity contribution in [3.8, 4) is 0 Å². The molecule has 3 N–H and O–H groups in total. The number of guanidine groups is 1. The summed E-state index contributed by atoms with van der Waals surface area (Å²) in [5.41, 5.74) is 0. The Morgan fingerprint density at radius 2 is 2.19 bits per heavy atom. The number of nitrogens with zero attached hydrogens (tertiary/aromatic N) is 3. The molecule has 26 heavy (non-hydrogen) atoms. The van der Waals surface area contributed by atoms with Crippen molar-refractivity contribution < 1.29 is 5.11 Å². The lowest BCUT2D eigenvalue weighted by Crippen LogP contribution is -2.49. The number of rotatable bonds is 5. The predicted octanol–water partition coefficient (Wildman–Crippen LogP) is 2.66. The molecule has 6 nitrogen and oxygen atoms in total. The molecule has 0 aliphatic carbocycles. The van der Waals surface area contributed by atoms with Crippen LogP contribution in [0.1, 0.15) is 23.8 Å². The Balaban J connectivity index is 1.44. The minimum atomic E-state index is -0.600. The number of aliphatic hydroxyl groups is 1. The number of pyridine rings is 1. The highest BCUT2D eigenvalue weighted by atomic mass is 35.5. The van der Waals surface area contributed by atoms with E-state index in [4.69, 9.17) is 11.6 Å². The summed E-state index contributed by atoms with van der Waals surface area (Å²) in [5.74, 6) is 1.74. The van der Waals surface area contributed by atoms with Crippen molar-refractivity contribution in [2.45, 2.75) is 25.0 Å². The molecule has 1 saturated heterocycles. The normalized spacial score (nSPS) is 17.2. The Hall–Kier alpha value is -1.83. The molecule has 3 heterocycles. The molecule has 0 spiro atoms.